The number of aryl methyl sites for hydroxylation is 3. The summed E-state index contributed by atoms with van der Waals surface area (Å²) >= 11 is 0. The number of rotatable bonds is 6. The minimum atomic E-state index is -0.268. The molecule has 0 unspecified atom stereocenters. The van der Waals surface area contributed by atoms with Gasteiger partial charge < -0.3 is 15.0 Å². The highest BCUT2D eigenvalue weighted by atomic mass is 16.5. The predicted molar refractivity (Wildman–Crippen MR) is 141 cm³/mol. The molecule has 36 heavy (non-hydrogen) atoms. The van der Waals surface area contributed by atoms with E-state index in [1.54, 1.807) is 18.0 Å². The summed E-state index contributed by atoms with van der Waals surface area (Å²) in [6.07, 6.45) is 8.64. The van der Waals surface area contributed by atoms with Crippen molar-refractivity contribution in [2.24, 2.45) is 14.1 Å². The van der Waals surface area contributed by atoms with Gasteiger partial charge in [0.2, 0.25) is 5.91 Å². The van der Waals surface area contributed by atoms with Crippen molar-refractivity contribution >= 4 is 22.6 Å². The second kappa shape index (κ2) is 8.84. The SMILES string of the molecule is C=CC(=O)Nc1cc(-c2c(-c3cnn(C)c3)[nH]c3ncc(-c4cnn(C)c4C)c(OC)c23)ccc1C. The van der Waals surface area contributed by atoms with Gasteiger partial charge in [0.05, 0.1) is 30.6 Å². The lowest BCUT2D eigenvalue weighted by molar-refractivity contribution is -0.111. The van der Waals surface area contributed by atoms with Gasteiger partial charge in [0, 0.05) is 60.1 Å². The molecule has 0 aliphatic carbocycles. The first-order chi connectivity index (χ1) is 17.3. The Balaban J connectivity index is 1.84. The fourth-order valence-corrected chi connectivity index (χ4v) is 4.45. The molecule has 0 saturated carbocycles. The van der Waals surface area contributed by atoms with Gasteiger partial charge in [-0.1, -0.05) is 18.7 Å². The average Bonchev–Trinajstić information content (AvgIpc) is 3.57. The van der Waals surface area contributed by atoms with Gasteiger partial charge in [-0.25, -0.2) is 4.98 Å². The summed E-state index contributed by atoms with van der Waals surface area (Å²) in [5.74, 6) is 0.421. The lowest BCUT2D eigenvalue weighted by atomic mass is 9.96. The molecule has 5 aromatic rings. The Labute approximate surface area is 208 Å². The third-order valence-corrected chi connectivity index (χ3v) is 6.47. The number of hydrogen-bond donors (Lipinski definition) is 2. The molecule has 0 radical (unpaired) electrons. The third-order valence-electron chi connectivity index (χ3n) is 6.47. The first-order valence-corrected chi connectivity index (χ1v) is 11.4. The summed E-state index contributed by atoms with van der Waals surface area (Å²) in [5, 5.41) is 12.5. The summed E-state index contributed by atoms with van der Waals surface area (Å²) in [5.41, 5.74) is 8.68. The number of anilines is 1. The number of aromatic amines is 1. The standard InChI is InChI=1S/C27H27N7O2/c1-7-22(35)31-21-10-17(9-8-15(21)2)23-24-26(36-6)20(19-13-30-34(5)16(19)3)12-28-27(24)32-25(23)18-11-29-33(4)14-18/h7-14H,1H2,2-6H3,(H,28,32)(H,31,35). The minimum absolute atomic E-state index is 0.268. The zero-order valence-electron chi connectivity index (χ0n) is 20.9. The number of H-pyrrole nitrogens is 1. The number of ether oxygens (including phenoxy) is 1. The quantitative estimate of drug-likeness (QED) is 0.340. The number of methoxy groups -OCH3 is 1. The summed E-state index contributed by atoms with van der Waals surface area (Å²) in [7, 11) is 5.45. The Bertz CT molecular complexity index is 1640. The van der Waals surface area contributed by atoms with Crippen LogP contribution >= 0.6 is 0 Å². The van der Waals surface area contributed by atoms with Gasteiger partial charge in [0.15, 0.2) is 0 Å². The van der Waals surface area contributed by atoms with Crippen molar-refractivity contribution in [3.8, 4) is 39.3 Å². The molecular weight excluding hydrogens is 454 g/mol. The Morgan fingerprint density at radius 3 is 2.56 bits per heavy atom. The highest BCUT2D eigenvalue weighted by molar-refractivity contribution is 6.09. The van der Waals surface area contributed by atoms with E-state index in [1.807, 2.05) is 69.4 Å². The molecular formula is C27H27N7O2. The number of pyridine rings is 1. The Morgan fingerprint density at radius 2 is 1.92 bits per heavy atom. The van der Waals surface area contributed by atoms with Gasteiger partial charge in [-0.3, -0.25) is 14.2 Å². The van der Waals surface area contributed by atoms with Crippen molar-refractivity contribution in [2.75, 3.05) is 12.4 Å². The van der Waals surface area contributed by atoms with Crippen LogP contribution in [0.1, 0.15) is 11.3 Å². The second-order valence-corrected chi connectivity index (χ2v) is 8.70. The van der Waals surface area contributed by atoms with Crippen LogP contribution < -0.4 is 10.1 Å². The minimum Gasteiger partial charge on any atom is -0.495 e. The topological polar surface area (TPSA) is 103 Å². The normalized spacial score (nSPS) is 11.1. The van der Waals surface area contributed by atoms with Gasteiger partial charge in [-0.2, -0.15) is 10.2 Å². The first-order valence-electron chi connectivity index (χ1n) is 11.4. The van der Waals surface area contributed by atoms with Crippen LogP contribution in [-0.4, -0.2) is 42.5 Å². The fraction of sp³-hybridized carbons (Fsp3) is 0.185. The number of fused-ring (bicyclic) bond motifs is 1. The number of carbonyl (C=O) groups excluding carboxylic acids is 1. The molecule has 0 bridgehead atoms. The van der Waals surface area contributed by atoms with Gasteiger partial charge in [0.1, 0.15) is 11.4 Å². The molecule has 4 aromatic heterocycles. The molecule has 9 nitrogen and oxygen atoms in total. The number of hydrogen-bond acceptors (Lipinski definition) is 5. The molecule has 1 amide bonds. The molecule has 9 heteroatoms. The van der Waals surface area contributed by atoms with Crippen LogP contribution in [0.2, 0.25) is 0 Å². The number of amides is 1. The number of nitrogens with zero attached hydrogens (tertiary/aromatic N) is 5. The maximum Gasteiger partial charge on any atom is 0.247 e. The van der Waals surface area contributed by atoms with E-state index in [4.69, 9.17) is 9.72 Å². The van der Waals surface area contributed by atoms with E-state index in [2.05, 4.69) is 27.1 Å². The van der Waals surface area contributed by atoms with E-state index in [-0.39, 0.29) is 5.91 Å². The maximum absolute atomic E-state index is 12.1. The van der Waals surface area contributed by atoms with Crippen LogP contribution in [0.15, 0.2) is 55.6 Å². The van der Waals surface area contributed by atoms with Gasteiger partial charge in [-0.15, -0.1) is 0 Å². The molecule has 0 aliphatic heterocycles. The first kappa shape index (κ1) is 23.1. The number of carbonyl (C=O) groups is 1. The van der Waals surface area contributed by atoms with Crippen LogP contribution in [0.5, 0.6) is 5.75 Å². The summed E-state index contributed by atoms with van der Waals surface area (Å²) in [6.45, 7) is 7.53. The van der Waals surface area contributed by atoms with Crippen molar-refractivity contribution in [2.45, 2.75) is 13.8 Å². The van der Waals surface area contributed by atoms with Crippen LogP contribution in [0.4, 0.5) is 5.69 Å². The fourth-order valence-electron chi connectivity index (χ4n) is 4.45. The van der Waals surface area contributed by atoms with E-state index in [9.17, 15) is 4.79 Å². The molecule has 4 heterocycles. The van der Waals surface area contributed by atoms with Crippen molar-refractivity contribution in [1.29, 1.82) is 0 Å². The summed E-state index contributed by atoms with van der Waals surface area (Å²) in [6, 6.07) is 5.97. The number of nitrogens with one attached hydrogen (secondary N) is 2. The number of benzene rings is 1. The van der Waals surface area contributed by atoms with Gasteiger partial charge in [-0.05, 0) is 37.1 Å². The maximum atomic E-state index is 12.1. The van der Waals surface area contributed by atoms with Crippen molar-refractivity contribution in [1.82, 2.24) is 29.5 Å². The lowest BCUT2D eigenvalue weighted by Gasteiger charge is -2.13. The molecule has 5 rings (SSSR count). The molecule has 0 saturated heterocycles. The molecule has 182 valence electrons. The highest BCUT2D eigenvalue weighted by Gasteiger charge is 2.24. The largest absolute Gasteiger partial charge is 0.495 e. The Kier molecular flexibility index (Phi) is 5.68. The zero-order valence-corrected chi connectivity index (χ0v) is 20.9. The van der Waals surface area contributed by atoms with E-state index in [0.29, 0.717) is 17.1 Å². The summed E-state index contributed by atoms with van der Waals surface area (Å²) in [4.78, 5) is 20.3. The zero-order chi connectivity index (χ0) is 25.6. The van der Waals surface area contributed by atoms with E-state index < -0.39 is 0 Å². The van der Waals surface area contributed by atoms with Gasteiger partial charge >= 0.3 is 0 Å². The Hall–Kier alpha value is -4.66. The van der Waals surface area contributed by atoms with Crippen molar-refractivity contribution in [3.05, 3.63) is 66.9 Å². The molecule has 1 aromatic carbocycles. The van der Waals surface area contributed by atoms with E-state index in [1.165, 1.54) is 6.08 Å². The molecule has 0 atom stereocenters. The Morgan fingerprint density at radius 1 is 1.11 bits per heavy atom. The van der Waals surface area contributed by atoms with Crippen LogP contribution in [0.25, 0.3) is 44.5 Å². The predicted octanol–water partition coefficient (Wildman–Crippen LogP) is 4.78. The smallest absolute Gasteiger partial charge is 0.247 e. The van der Waals surface area contributed by atoms with Crippen LogP contribution in [-0.2, 0) is 18.9 Å². The van der Waals surface area contributed by atoms with Crippen molar-refractivity contribution in [3.63, 3.8) is 0 Å². The average molecular weight is 482 g/mol. The van der Waals surface area contributed by atoms with Gasteiger partial charge in [0.25, 0.3) is 0 Å². The molecule has 0 fully saturated rings. The van der Waals surface area contributed by atoms with E-state index in [0.717, 1.165) is 50.2 Å². The molecule has 0 spiro atoms. The van der Waals surface area contributed by atoms with Crippen LogP contribution in [0.3, 0.4) is 0 Å². The third kappa shape index (κ3) is 3.74. The van der Waals surface area contributed by atoms with Crippen molar-refractivity contribution < 1.29 is 9.53 Å². The monoisotopic (exact) mass is 481 g/mol. The summed E-state index contributed by atoms with van der Waals surface area (Å²) < 4.78 is 9.61. The molecule has 2 N–H and O–H groups in total. The van der Waals surface area contributed by atoms with Crippen LogP contribution in [0, 0.1) is 13.8 Å². The van der Waals surface area contributed by atoms with E-state index >= 15 is 0 Å². The molecule has 0 aliphatic rings. The highest BCUT2D eigenvalue weighted by Crippen LogP contribution is 2.46. The second-order valence-electron chi connectivity index (χ2n) is 8.70. The lowest BCUT2D eigenvalue weighted by Crippen LogP contribution is -2.08. The number of aromatic nitrogens is 6.